The van der Waals surface area contributed by atoms with Crippen molar-refractivity contribution in [3.8, 4) is 0 Å². The quantitative estimate of drug-likeness (QED) is 0.912. The number of fused-ring (bicyclic) bond motifs is 1. The largest absolute Gasteiger partial charge is 0.357 e. The number of carbonyl (C=O) groups is 1. The zero-order chi connectivity index (χ0) is 16.6. The summed E-state index contributed by atoms with van der Waals surface area (Å²) in [6, 6.07) is 2.22. The zero-order valence-electron chi connectivity index (χ0n) is 14.3. The summed E-state index contributed by atoms with van der Waals surface area (Å²) in [6.45, 7) is 8.65. The van der Waals surface area contributed by atoms with E-state index in [1.807, 2.05) is 5.38 Å². The minimum absolute atomic E-state index is 0.0165. The number of thiophene rings is 1. The fourth-order valence-electron chi connectivity index (χ4n) is 2.99. The van der Waals surface area contributed by atoms with Gasteiger partial charge in [0, 0.05) is 25.5 Å². The normalized spacial score (nSPS) is 15.9. The molecule has 0 saturated carbocycles. The molecule has 3 rings (SSSR count). The van der Waals surface area contributed by atoms with Crippen molar-refractivity contribution in [3.63, 3.8) is 0 Å². The van der Waals surface area contributed by atoms with Crippen molar-refractivity contribution in [2.75, 3.05) is 25.0 Å². The topological polar surface area (TPSA) is 45.2 Å². The van der Waals surface area contributed by atoms with Gasteiger partial charge in [0.2, 0.25) is 0 Å². The van der Waals surface area contributed by atoms with Crippen molar-refractivity contribution < 1.29 is 4.79 Å². The summed E-state index contributed by atoms with van der Waals surface area (Å²) in [5.74, 6) is 0.937. The van der Waals surface area contributed by atoms with E-state index in [4.69, 9.17) is 4.98 Å². The SMILES string of the molecule is CNC(=O)c1csc2c(C(C)(C)C)cc(N3CC[CH]CC3)nc12. The highest BCUT2D eigenvalue weighted by atomic mass is 32.1. The van der Waals surface area contributed by atoms with Gasteiger partial charge in [-0.1, -0.05) is 20.8 Å². The molecule has 0 unspecified atom stereocenters. The second-order valence-corrected chi connectivity index (χ2v) is 7.92. The van der Waals surface area contributed by atoms with E-state index in [0.29, 0.717) is 5.56 Å². The zero-order valence-corrected chi connectivity index (χ0v) is 15.1. The van der Waals surface area contributed by atoms with Crippen molar-refractivity contribution in [2.45, 2.75) is 39.0 Å². The number of anilines is 1. The van der Waals surface area contributed by atoms with Crippen LogP contribution >= 0.6 is 11.3 Å². The summed E-state index contributed by atoms with van der Waals surface area (Å²) < 4.78 is 1.13. The van der Waals surface area contributed by atoms with Crippen molar-refractivity contribution in [2.24, 2.45) is 0 Å². The standard InChI is InChI=1S/C18H24N3OS/c1-18(2,3)13-10-14(21-8-6-5-7-9-21)20-15-12(17(22)19-4)11-23-16(13)15/h5,10-11H,6-9H2,1-4H3,(H,19,22). The van der Waals surface area contributed by atoms with Gasteiger partial charge in [0.1, 0.15) is 5.82 Å². The Morgan fingerprint density at radius 1 is 1.30 bits per heavy atom. The van der Waals surface area contributed by atoms with Crippen LogP contribution in [0.15, 0.2) is 11.4 Å². The molecule has 4 nitrogen and oxygen atoms in total. The van der Waals surface area contributed by atoms with Crippen molar-refractivity contribution >= 4 is 33.3 Å². The summed E-state index contributed by atoms with van der Waals surface area (Å²) >= 11 is 1.62. The maximum Gasteiger partial charge on any atom is 0.254 e. The molecule has 1 radical (unpaired) electrons. The molecule has 1 aliphatic rings. The molecule has 3 heterocycles. The number of carbonyl (C=O) groups excluding carboxylic acids is 1. The Bertz CT molecular complexity index is 724. The maximum absolute atomic E-state index is 12.2. The van der Waals surface area contributed by atoms with Crippen LogP contribution in [0.5, 0.6) is 0 Å². The number of rotatable bonds is 2. The van der Waals surface area contributed by atoms with Gasteiger partial charge in [-0.15, -0.1) is 11.3 Å². The highest BCUT2D eigenvalue weighted by Crippen LogP contribution is 2.37. The number of hydrogen-bond donors (Lipinski definition) is 1. The first-order chi connectivity index (χ1) is 10.9. The highest BCUT2D eigenvalue weighted by molar-refractivity contribution is 7.17. The Hall–Kier alpha value is -1.62. The molecule has 123 valence electrons. The predicted molar refractivity (Wildman–Crippen MR) is 97.5 cm³/mol. The van der Waals surface area contributed by atoms with Crippen molar-refractivity contribution in [1.29, 1.82) is 0 Å². The molecule has 1 fully saturated rings. The highest BCUT2D eigenvalue weighted by Gasteiger charge is 2.25. The van der Waals surface area contributed by atoms with Gasteiger partial charge in [-0.25, -0.2) is 4.98 Å². The lowest BCUT2D eigenvalue weighted by molar-refractivity contribution is 0.0965. The van der Waals surface area contributed by atoms with Crippen LogP contribution in [0.2, 0.25) is 0 Å². The Kier molecular flexibility index (Phi) is 4.32. The molecule has 1 N–H and O–H groups in total. The molecule has 0 bridgehead atoms. The molecular weight excluding hydrogens is 306 g/mol. The number of aromatic nitrogens is 1. The van der Waals surface area contributed by atoms with Crippen molar-refractivity contribution in [3.05, 3.63) is 29.0 Å². The van der Waals surface area contributed by atoms with Gasteiger partial charge >= 0.3 is 0 Å². The molecule has 0 spiro atoms. The van der Waals surface area contributed by atoms with Gasteiger partial charge in [0.25, 0.3) is 5.91 Å². The van der Waals surface area contributed by atoms with Gasteiger partial charge < -0.3 is 10.2 Å². The summed E-state index contributed by atoms with van der Waals surface area (Å²) in [4.78, 5) is 19.4. The van der Waals surface area contributed by atoms with Crippen LogP contribution in [0.4, 0.5) is 5.82 Å². The van der Waals surface area contributed by atoms with E-state index in [9.17, 15) is 4.79 Å². The Balaban J connectivity index is 2.19. The lowest BCUT2D eigenvalue weighted by Gasteiger charge is -2.29. The maximum atomic E-state index is 12.2. The number of hydrogen-bond acceptors (Lipinski definition) is 4. The van der Waals surface area contributed by atoms with E-state index in [1.165, 1.54) is 5.56 Å². The molecule has 0 atom stereocenters. The smallest absolute Gasteiger partial charge is 0.254 e. The third-order valence-corrected chi connectivity index (χ3v) is 5.32. The van der Waals surface area contributed by atoms with E-state index in [1.54, 1.807) is 18.4 Å². The number of nitrogens with zero attached hydrogens (tertiary/aromatic N) is 2. The Labute approximate surface area is 141 Å². The van der Waals surface area contributed by atoms with Crippen LogP contribution in [0.3, 0.4) is 0 Å². The molecule has 2 aromatic heterocycles. The van der Waals surface area contributed by atoms with Gasteiger partial charge in [0.15, 0.2) is 0 Å². The van der Waals surface area contributed by atoms with E-state index in [-0.39, 0.29) is 11.3 Å². The van der Waals surface area contributed by atoms with E-state index in [2.05, 4.69) is 43.5 Å². The van der Waals surface area contributed by atoms with Crippen LogP contribution in [0, 0.1) is 6.42 Å². The number of nitrogens with one attached hydrogen (secondary N) is 1. The first kappa shape index (κ1) is 16.2. The van der Waals surface area contributed by atoms with E-state index < -0.39 is 0 Å². The van der Waals surface area contributed by atoms with E-state index in [0.717, 1.165) is 42.0 Å². The van der Waals surface area contributed by atoms with Gasteiger partial charge in [-0.05, 0) is 36.3 Å². The molecule has 2 aromatic rings. The van der Waals surface area contributed by atoms with Gasteiger partial charge in [0.05, 0.1) is 15.8 Å². The van der Waals surface area contributed by atoms with Gasteiger partial charge in [-0.2, -0.15) is 0 Å². The van der Waals surface area contributed by atoms with Gasteiger partial charge in [-0.3, -0.25) is 4.79 Å². The van der Waals surface area contributed by atoms with Crippen molar-refractivity contribution in [1.82, 2.24) is 10.3 Å². The second-order valence-electron chi connectivity index (χ2n) is 7.04. The Morgan fingerprint density at radius 2 is 2.00 bits per heavy atom. The van der Waals surface area contributed by atoms with Crippen LogP contribution in [-0.2, 0) is 5.41 Å². The fourth-order valence-corrected chi connectivity index (χ4v) is 4.20. The molecule has 1 saturated heterocycles. The van der Waals surface area contributed by atoms with Crippen LogP contribution in [0.25, 0.3) is 10.2 Å². The Morgan fingerprint density at radius 3 is 2.61 bits per heavy atom. The number of amides is 1. The van der Waals surface area contributed by atoms with Crippen LogP contribution in [0.1, 0.15) is 49.5 Å². The monoisotopic (exact) mass is 330 g/mol. The lowest BCUT2D eigenvalue weighted by Crippen LogP contribution is -2.31. The summed E-state index contributed by atoms with van der Waals surface area (Å²) in [5.41, 5.74) is 2.81. The molecule has 1 amide bonds. The molecule has 23 heavy (non-hydrogen) atoms. The minimum atomic E-state index is -0.0623. The summed E-state index contributed by atoms with van der Waals surface area (Å²) in [7, 11) is 1.67. The fraction of sp³-hybridized carbons (Fsp3) is 0.500. The molecule has 5 heteroatoms. The average Bonchev–Trinajstić information content (AvgIpc) is 2.97. The molecule has 0 aliphatic carbocycles. The average molecular weight is 330 g/mol. The third kappa shape index (κ3) is 3.07. The number of piperidine rings is 1. The molecular formula is C18H24N3OS. The molecule has 1 aliphatic heterocycles. The second kappa shape index (κ2) is 6.11. The van der Waals surface area contributed by atoms with Crippen LogP contribution < -0.4 is 10.2 Å². The third-order valence-electron chi connectivity index (χ3n) is 4.32. The lowest BCUT2D eigenvalue weighted by atomic mass is 9.87. The summed E-state index contributed by atoms with van der Waals surface area (Å²) in [6.07, 6.45) is 4.52. The molecule has 0 aromatic carbocycles. The minimum Gasteiger partial charge on any atom is -0.357 e. The number of pyridine rings is 1. The van der Waals surface area contributed by atoms with Crippen LogP contribution in [-0.4, -0.2) is 31.0 Å². The first-order valence-electron chi connectivity index (χ1n) is 8.13. The predicted octanol–water partition coefficient (Wildman–Crippen LogP) is 3.76. The van der Waals surface area contributed by atoms with E-state index >= 15 is 0 Å². The summed E-state index contributed by atoms with van der Waals surface area (Å²) in [5, 5.41) is 4.66. The first-order valence-corrected chi connectivity index (χ1v) is 9.01.